The van der Waals surface area contributed by atoms with Gasteiger partial charge in [-0.05, 0) is 49.6 Å². The first-order chi connectivity index (χ1) is 18.8. The highest BCUT2D eigenvalue weighted by atomic mass is 32.2. The Hall–Kier alpha value is -3.88. The number of rotatable bonds is 8. The second-order valence-electron chi connectivity index (χ2n) is 9.64. The number of aromatic nitrogens is 2. The highest BCUT2D eigenvalue weighted by molar-refractivity contribution is 7.90. The van der Waals surface area contributed by atoms with Gasteiger partial charge in [0.2, 0.25) is 0 Å². The molecule has 0 aliphatic rings. The number of hydrogen-bond donors (Lipinski definition) is 2. The molecule has 1 atom stereocenters. The van der Waals surface area contributed by atoms with Crippen molar-refractivity contribution in [1.82, 2.24) is 15.1 Å². The Morgan fingerprint density at radius 2 is 1.61 bits per heavy atom. The summed E-state index contributed by atoms with van der Waals surface area (Å²) in [5, 5.41) is 8.28. The smallest absolute Gasteiger partial charge is 0.349 e. The van der Waals surface area contributed by atoms with Crippen LogP contribution in [-0.2, 0) is 28.7 Å². The van der Waals surface area contributed by atoms with Gasteiger partial charge in [0, 0.05) is 24.1 Å². The monoisotopic (exact) mass is 604 g/mol. The van der Waals surface area contributed by atoms with E-state index in [0.29, 0.717) is 11.1 Å². The third kappa shape index (κ3) is 8.08. The Kier molecular flexibility index (Phi) is 8.91. The summed E-state index contributed by atoms with van der Waals surface area (Å²) in [6, 6.07) is 7.85. The number of anilines is 1. The third-order valence-corrected chi connectivity index (χ3v) is 7.01. The van der Waals surface area contributed by atoms with Crippen LogP contribution in [0.4, 0.5) is 32.0 Å². The van der Waals surface area contributed by atoms with Gasteiger partial charge in [-0.1, -0.05) is 24.3 Å². The van der Waals surface area contributed by atoms with E-state index in [0.717, 1.165) is 6.26 Å². The van der Waals surface area contributed by atoms with Crippen LogP contribution in [0.25, 0.3) is 0 Å². The minimum atomic E-state index is -5.07. The lowest BCUT2D eigenvalue weighted by Gasteiger charge is -2.17. The van der Waals surface area contributed by atoms with Gasteiger partial charge in [0.25, 0.3) is 11.8 Å². The third-order valence-electron chi connectivity index (χ3n) is 5.91. The van der Waals surface area contributed by atoms with Gasteiger partial charge in [-0.3, -0.25) is 14.3 Å². The Morgan fingerprint density at radius 3 is 2.17 bits per heavy atom. The van der Waals surface area contributed by atoms with Crippen LogP contribution < -0.4 is 10.6 Å². The summed E-state index contributed by atoms with van der Waals surface area (Å²) in [6.45, 7) is 4.02. The Morgan fingerprint density at radius 1 is 0.951 bits per heavy atom. The number of amides is 2. The maximum Gasteiger partial charge on any atom is 0.435 e. The first-order valence-corrected chi connectivity index (χ1v) is 14.0. The molecular formula is C26H26F6N4O4S. The molecule has 1 heterocycles. The molecule has 0 saturated carbocycles. The van der Waals surface area contributed by atoms with Crippen molar-refractivity contribution >= 4 is 27.3 Å². The molecule has 0 aliphatic heterocycles. The van der Waals surface area contributed by atoms with E-state index in [4.69, 9.17) is 0 Å². The molecule has 41 heavy (non-hydrogen) atoms. The lowest BCUT2D eigenvalue weighted by molar-refractivity contribution is -0.144. The van der Waals surface area contributed by atoms with Gasteiger partial charge in [0.1, 0.15) is 15.5 Å². The molecule has 3 aromatic rings. The van der Waals surface area contributed by atoms with Gasteiger partial charge in [-0.2, -0.15) is 31.4 Å². The van der Waals surface area contributed by atoms with E-state index >= 15 is 0 Å². The number of alkyl halides is 6. The molecule has 15 heteroatoms. The van der Waals surface area contributed by atoms with Crippen LogP contribution in [0, 0.1) is 13.8 Å². The molecule has 2 N–H and O–H groups in total. The van der Waals surface area contributed by atoms with Crippen molar-refractivity contribution in [1.29, 1.82) is 0 Å². The second kappa shape index (κ2) is 11.5. The zero-order valence-electron chi connectivity index (χ0n) is 22.2. The largest absolute Gasteiger partial charge is 0.435 e. The Labute approximate surface area is 231 Å². The molecule has 1 aromatic heterocycles. The minimum Gasteiger partial charge on any atom is -0.349 e. The second-order valence-corrected chi connectivity index (χ2v) is 11.8. The quantitative estimate of drug-likeness (QED) is 0.352. The topological polar surface area (TPSA) is 110 Å². The standard InChI is InChI=1S/C26H26F6N4O4S/c1-14-6-5-7-18(22(14)24(38)33-16(3)13-41(4,39)40)23(37)34-19-9-8-17(10-15(19)2)12-36-21(26(30,31)32)11-20(35-36)25(27,28)29/h5-11,16H,12-13H2,1-4H3,(H,33,38)(H,34,37). The highest BCUT2D eigenvalue weighted by Crippen LogP contribution is 2.35. The zero-order valence-corrected chi connectivity index (χ0v) is 23.1. The van der Waals surface area contributed by atoms with E-state index in [9.17, 15) is 44.3 Å². The van der Waals surface area contributed by atoms with Crippen molar-refractivity contribution in [3.8, 4) is 0 Å². The number of nitrogens with zero attached hydrogens (tertiary/aromatic N) is 2. The first-order valence-electron chi connectivity index (χ1n) is 12.0. The van der Waals surface area contributed by atoms with Crippen molar-refractivity contribution in [3.63, 3.8) is 0 Å². The fourth-order valence-corrected chi connectivity index (χ4v) is 5.17. The summed E-state index contributed by atoms with van der Waals surface area (Å²) in [7, 11) is -3.38. The number of carbonyl (C=O) groups is 2. The molecule has 2 amide bonds. The first kappa shape index (κ1) is 31.6. The maximum atomic E-state index is 13.3. The van der Waals surface area contributed by atoms with E-state index in [1.807, 2.05) is 0 Å². The van der Waals surface area contributed by atoms with Crippen LogP contribution >= 0.6 is 0 Å². The van der Waals surface area contributed by atoms with Crippen LogP contribution in [0.5, 0.6) is 0 Å². The van der Waals surface area contributed by atoms with E-state index in [2.05, 4.69) is 15.7 Å². The van der Waals surface area contributed by atoms with E-state index in [-0.39, 0.29) is 38.9 Å². The fourth-order valence-electron chi connectivity index (χ4n) is 4.18. The Bertz CT molecular complexity index is 1580. The minimum absolute atomic E-state index is 0.0106. The van der Waals surface area contributed by atoms with Crippen LogP contribution in [0.1, 0.15) is 55.7 Å². The van der Waals surface area contributed by atoms with Crippen LogP contribution in [0.2, 0.25) is 0 Å². The average molecular weight is 605 g/mol. The summed E-state index contributed by atoms with van der Waals surface area (Å²) in [5.41, 5.74) is -1.95. The number of aryl methyl sites for hydroxylation is 2. The number of sulfone groups is 1. The van der Waals surface area contributed by atoms with E-state index < -0.39 is 58.0 Å². The fraction of sp³-hybridized carbons (Fsp3) is 0.346. The van der Waals surface area contributed by atoms with Gasteiger partial charge in [-0.15, -0.1) is 0 Å². The number of hydrogen-bond acceptors (Lipinski definition) is 5. The molecule has 2 aromatic carbocycles. The Balaban J connectivity index is 1.84. The lowest BCUT2D eigenvalue weighted by atomic mass is 9.99. The van der Waals surface area contributed by atoms with Crippen molar-refractivity contribution in [2.45, 2.75) is 45.7 Å². The summed E-state index contributed by atoms with van der Waals surface area (Å²) in [4.78, 5) is 26.1. The molecule has 0 saturated heterocycles. The molecule has 0 aliphatic carbocycles. The van der Waals surface area contributed by atoms with E-state index in [1.165, 1.54) is 38.1 Å². The molecule has 0 radical (unpaired) electrons. The van der Waals surface area contributed by atoms with Gasteiger partial charge in [0.05, 0.1) is 23.4 Å². The molecule has 0 spiro atoms. The zero-order chi connectivity index (χ0) is 30.9. The SMILES string of the molecule is Cc1cc(Cn2nc(C(F)(F)F)cc2C(F)(F)F)ccc1NC(=O)c1cccc(C)c1C(=O)NC(C)CS(C)(=O)=O. The van der Waals surface area contributed by atoms with Gasteiger partial charge in [0.15, 0.2) is 5.69 Å². The number of nitrogens with one attached hydrogen (secondary N) is 2. The number of benzene rings is 2. The lowest BCUT2D eigenvalue weighted by Crippen LogP contribution is -2.38. The van der Waals surface area contributed by atoms with Crippen LogP contribution in [0.3, 0.4) is 0 Å². The van der Waals surface area contributed by atoms with Crippen molar-refractivity contribution in [2.75, 3.05) is 17.3 Å². The van der Waals surface area contributed by atoms with Crippen LogP contribution in [0.15, 0.2) is 42.5 Å². The molecule has 0 fully saturated rings. The summed E-state index contributed by atoms with van der Waals surface area (Å²) >= 11 is 0. The van der Waals surface area contributed by atoms with E-state index in [1.54, 1.807) is 19.1 Å². The van der Waals surface area contributed by atoms with Crippen LogP contribution in [-0.4, -0.2) is 48.1 Å². The molecular weight excluding hydrogens is 578 g/mol. The normalized spacial score (nSPS) is 13.1. The molecule has 0 bridgehead atoms. The summed E-state index contributed by atoms with van der Waals surface area (Å²) in [5.74, 6) is -1.65. The van der Waals surface area contributed by atoms with Crippen molar-refractivity contribution < 1.29 is 44.3 Å². The predicted molar refractivity (Wildman–Crippen MR) is 138 cm³/mol. The predicted octanol–water partition coefficient (Wildman–Crippen LogP) is 5.00. The molecule has 3 rings (SSSR count). The number of halogens is 6. The molecule has 8 nitrogen and oxygen atoms in total. The summed E-state index contributed by atoms with van der Waals surface area (Å²) in [6.07, 6.45) is -9.10. The molecule has 222 valence electrons. The maximum absolute atomic E-state index is 13.3. The highest BCUT2D eigenvalue weighted by Gasteiger charge is 2.41. The van der Waals surface area contributed by atoms with Crippen molar-refractivity contribution in [3.05, 3.63) is 81.7 Å². The van der Waals surface area contributed by atoms with Gasteiger partial charge < -0.3 is 10.6 Å². The number of carbonyl (C=O) groups excluding carboxylic acids is 2. The molecule has 1 unspecified atom stereocenters. The van der Waals surface area contributed by atoms with Gasteiger partial charge >= 0.3 is 12.4 Å². The van der Waals surface area contributed by atoms with Gasteiger partial charge in [-0.25, -0.2) is 8.42 Å². The summed E-state index contributed by atoms with van der Waals surface area (Å²) < 4.78 is 102. The van der Waals surface area contributed by atoms with Crippen molar-refractivity contribution in [2.24, 2.45) is 0 Å². The average Bonchev–Trinajstić information content (AvgIpc) is 3.24.